The number of methoxy groups -OCH3 is 1. The highest BCUT2D eigenvalue weighted by Crippen LogP contribution is 2.35. The van der Waals surface area contributed by atoms with E-state index in [-0.39, 0.29) is 8.78 Å². The van der Waals surface area contributed by atoms with Crippen molar-refractivity contribution in [2.24, 2.45) is 0 Å². The van der Waals surface area contributed by atoms with E-state index < -0.39 is 63.5 Å². The molecule has 0 saturated carbocycles. The van der Waals surface area contributed by atoms with Crippen molar-refractivity contribution < 1.29 is 39.9 Å². The molecule has 0 unspecified atom stereocenters. The lowest BCUT2D eigenvalue weighted by Gasteiger charge is -2.24. The van der Waals surface area contributed by atoms with Crippen LogP contribution < -0.4 is 4.31 Å². The van der Waals surface area contributed by atoms with Crippen LogP contribution in [0.4, 0.5) is 27.8 Å². The number of hydrogen-bond donors (Lipinski definition) is 0. The first-order valence-electron chi connectivity index (χ1n) is 7.90. The third-order valence-corrected chi connectivity index (χ3v) is 5.81. The Morgan fingerprint density at radius 3 is 2.43 bits per heavy atom. The van der Waals surface area contributed by atoms with Gasteiger partial charge in [-0.05, 0) is 17.7 Å². The Kier molecular flexibility index (Phi) is 7.34. The molecule has 30 heavy (non-hydrogen) atoms. The summed E-state index contributed by atoms with van der Waals surface area (Å²) in [7, 11) is -3.91. The Hall–Kier alpha value is -2.35. The van der Waals surface area contributed by atoms with E-state index in [1.54, 1.807) is 0 Å². The average molecular weight is 518 g/mol. The van der Waals surface area contributed by atoms with E-state index in [9.17, 15) is 35.2 Å². The van der Waals surface area contributed by atoms with E-state index in [0.717, 1.165) is 25.6 Å². The summed E-state index contributed by atoms with van der Waals surface area (Å²) in [5.41, 5.74) is -2.62. The zero-order valence-electron chi connectivity index (χ0n) is 15.0. The van der Waals surface area contributed by atoms with Gasteiger partial charge >= 0.3 is 12.1 Å². The lowest BCUT2D eigenvalue weighted by molar-refractivity contribution is -0.138. The van der Waals surface area contributed by atoms with Crippen LogP contribution in [0.5, 0.6) is 0 Å². The van der Waals surface area contributed by atoms with Crippen LogP contribution in [0.15, 0.2) is 35.1 Å². The first kappa shape index (κ1) is 23.9. The second kappa shape index (κ2) is 9.20. The summed E-state index contributed by atoms with van der Waals surface area (Å²) in [5, 5.41) is 0. The third-order valence-electron chi connectivity index (χ3n) is 3.65. The van der Waals surface area contributed by atoms with Crippen molar-refractivity contribution in [2.75, 3.05) is 18.0 Å². The highest BCUT2D eigenvalue weighted by atomic mass is 79.9. The molecule has 2 aromatic rings. The van der Waals surface area contributed by atoms with Gasteiger partial charge in [0, 0.05) is 16.9 Å². The molecule has 0 fully saturated rings. The molecule has 0 N–H and O–H groups in total. The predicted molar refractivity (Wildman–Crippen MR) is 98.5 cm³/mol. The predicted octanol–water partition coefficient (Wildman–Crippen LogP) is 3.65. The second-order valence-electron chi connectivity index (χ2n) is 5.70. The number of hydrogen-bond acceptors (Lipinski definition) is 6. The van der Waals surface area contributed by atoms with Gasteiger partial charge in [0.2, 0.25) is 10.0 Å². The lowest BCUT2D eigenvalue weighted by Crippen LogP contribution is -2.38. The number of nitrogens with zero attached hydrogens (tertiary/aromatic N) is 3. The van der Waals surface area contributed by atoms with E-state index in [4.69, 9.17) is 0 Å². The van der Waals surface area contributed by atoms with Crippen molar-refractivity contribution in [3.63, 3.8) is 0 Å². The van der Waals surface area contributed by atoms with Gasteiger partial charge in [0.05, 0.1) is 25.0 Å². The molecule has 0 atom stereocenters. The number of halogens is 6. The van der Waals surface area contributed by atoms with Crippen LogP contribution in [-0.2, 0) is 26.7 Å². The van der Waals surface area contributed by atoms with Crippen molar-refractivity contribution in [2.45, 2.75) is 18.4 Å². The maximum Gasteiger partial charge on any atom is 0.416 e. The molecule has 0 saturated heterocycles. The average Bonchev–Trinajstić information content (AvgIpc) is 2.65. The van der Waals surface area contributed by atoms with Crippen molar-refractivity contribution in [1.82, 2.24) is 9.97 Å². The fourth-order valence-corrected chi connectivity index (χ4v) is 4.32. The SMILES string of the molecule is COC(=O)c1nccnc1N(CC(F)F)S(=O)(=O)Cc1ccc(Br)cc1C(F)(F)F. The van der Waals surface area contributed by atoms with Crippen molar-refractivity contribution in [3.05, 3.63) is 51.9 Å². The van der Waals surface area contributed by atoms with E-state index in [2.05, 4.69) is 30.6 Å². The van der Waals surface area contributed by atoms with Crippen molar-refractivity contribution in [3.8, 4) is 0 Å². The zero-order chi connectivity index (χ0) is 22.7. The number of aromatic nitrogens is 2. The van der Waals surface area contributed by atoms with Crippen LogP contribution in [0.25, 0.3) is 0 Å². The molecule has 0 bridgehead atoms. The molecule has 0 radical (unpaired) electrons. The standard InChI is InChI=1S/C16H13BrF5N3O4S/c1-29-15(26)13-14(24-5-4-23-13)25(7-12(18)19)30(27,28)8-9-2-3-10(17)6-11(9)16(20,21)22/h2-6,12H,7-8H2,1H3. The number of carbonyl (C=O) groups excluding carboxylic acids is 1. The Morgan fingerprint density at radius 2 is 1.87 bits per heavy atom. The van der Waals surface area contributed by atoms with Crippen LogP contribution in [0.3, 0.4) is 0 Å². The minimum Gasteiger partial charge on any atom is -0.464 e. The van der Waals surface area contributed by atoms with Gasteiger partial charge in [0.15, 0.2) is 11.5 Å². The molecule has 1 aromatic carbocycles. The van der Waals surface area contributed by atoms with E-state index in [1.807, 2.05) is 0 Å². The third kappa shape index (κ3) is 5.62. The van der Waals surface area contributed by atoms with Gasteiger partial charge in [-0.25, -0.2) is 36.3 Å². The minimum absolute atomic E-state index is 0.0438. The molecule has 1 heterocycles. The molecule has 7 nitrogen and oxygen atoms in total. The number of esters is 1. The molecule has 2 rings (SSSR count). The van der Waals surface area contributed by atoms with Crippen LogP contribution in [-0.4, -0.2) is 44.4 Å². The van der Waals surface area contributed by atoms with Gasteiger partial charge in [-0.3, -0.25) is 0 Å². The number of anilines is 1. The number of carbonyl (C=O) groups is 1. The monoisotopic (exact) mass is 517 g/mol. The van der Waals surface area contributed by atoms with Gasteiger partial charge in [0.25, 0.3) is 6.43 Å². The number of ether oxygens (including phenoxy) is 1. The Bertz CT molecular complexity index is 1030. The summed E-state index contributed by atoms with van der Waals surface area (Å²) < 4.78 is 96.4. The minimum atomic E-state index is -4.90. The topological polar surface area (TPSA) is 89.5 Å². The normalized spacial score (nSPS) is 12.1. The van der Waals surface area contributed by atoms with Gasteiger partial charge < -0.3 is 4.74 Å². The molecule has 0 aliphatic carbocycles. The number of alkyl halides is 5. The molecule has 1 aromatic heterocycles. The smallest absolute Gasteiger partial charge is 0.416 e. The maximum atomic E-state index is 13.3. The van der Waals surface area contributed by atoms with E-state index in [0.29, 0.717) is 6.07 Å². The molecule has 0 aliphatic rings. The van der Waals surface area contributed by atoms with Gasteiger partial charge in [-0.2, -0.15) is 13.2 Å². The van der Waals surface area contributed by atoms with Gasteiger partial charge in [-0.1, -0.05) is 22.0 Å². The largest absolute Gasteiger partial charge is 0.464 e. The molecular weight excluding hydrogens is 505 g/mol. The van der Waals surface area contributed by atoms with Crippen LogP contribution >= 0.6 is 15.9 Å². The summed E-state index contributed by atoms with van der Waals surface area (Å²) in [5.74, 6) is -3.22. The summed E-state index contributed by atoms with van der Waals surface area (Å²) in [6.07, 6.45) is -6.18. The van der Waals surface area contributed by atoms with Gasteiger partial charge in [-0.15, -0.1) is 0 Å². The van der Waals surface area contributed by atoms with Crippen LogP contribution in [0.1, 0.15) is 21.6 Å². The Labute approximate surface area is 176 Å². The van der Waals surface area contributed by atoms with Gasteiger partial charge in [0.1, 0.15) is 0 Å². The first-order chi connectivity index (χ1) is 13.9. The number of sulfonamides is 1. The number of rotatable bonds is 7. The molecule has 0 spiro atoms. The Morgan fingerprint density at radius 1 is 1.23 bits per heavy atom. The van der Waals surface area contributed by atoms with Crippen LogP contribution in [0.2, 0.25) is 0 Å². The Balaban J connectivity index is 2.59. The summed E-state index contributed by atoms with van der Waals surface area (Å²) in [6.45, 7) is -1.46. The molecule has 0 aliphatic heterocycles. The van der Waals surface area contributed by atoms with E-state index in [1.165, 1.54) is 6.07 Å². The van der Waals surface area contributed by atoms with Crippen molar-refractivity contribution >= 4 is 37.7 Å². The quantitative estimate of drug-likeness (QED) is 0.411. The summed E-state index contributed by atoms with van der Waals surface area (Å²) >= 11 is 2.87. The molecular formula is C16H13BrF5N3O4S. The second-order valence-corrected chi connectivity index (χ2v) is 8.51. The lowest BCUT2D eigenvalue weighted by atomic mass is 10.1. The summed E-state index contributed by atoms with van der Waals surface area (Å²) in [4.78, 5) is 19.1. The first-order valence-corrected chi connectivity index (χ1v) is 10.3. The molecule has 164 valence electrons. The highest BCUT2D eigenvalue weighted by Gasteiger charge is 2.37. The summed E-state index contributed by atoms with van der Waals surface area (Å²) in [6, 6.07) is 2.76. The maximum absolute atomic E-state index is 13.3. The van der Waals surface area contributed by atoms with E-state index >= 15 is 0 Å². The highest BCUT2D eigenvalue weighted by molar-refractivity contribution is 9.10. The van der Waals surface area contributed by atoms with Crippen LogP contribution in [0, 0.1) is 0 Å². The number of benzene rings is 1. The fraction of sp³-hybridized carbons (Fsp3) is 0.312. The molecule has 14 heteroatoms. The molecule has 0 amide bonds. The van der Waals surface area contributed by atoms with Crippen molar-refractivity contribution in [1.29, 1.82) is 0 Å². The zero-order valence-corrected chi connectivity index (χ0v) is 17.4. The fourth-order valence-electron chi connectivity index (χ4n) is 2.42.